The summed E-state index contributed by atoms with van der Waals surface area (Å²) in [6, 6.07) is 11.3. The van der Waals surface area contributed by atoms with E-state index in [4.69, 9.17) is 0 Å². The Kier molecular flexibility index (Phi) is 4.26. The molecule has 7 atom stereocenters. The van der Waals surface area contributed by atoms with Gasteiger partial charge in [0.25, 0.3) is 0 Å². The minimum atomic E-state index is 0.667. The van der Waals surface area contributed by atoms with Crippen LogP contribution in [-0.4, -0.2) is 0 Å². The summed E-state index contributed by atoms with van der Waals surface area (Å²) in [7, 11) is 0. The summed E-state index contributed by atoms with van der Waals surface area (Å²) in [4.78, 5) is 0. The van der Waals surface area contributed by atoms with Gasteiger partial charge in [-0.05, 0) is 110 Å². The largest absolute Gasteiger partial charge is 0.0622 e. The molecule has 26 heavy (non-hydrogen) atoms. The van der Waals surface area contributed by atoms with E-state index in [0.717, 1.165) is 35.0 Å². The zero-order valence-corrected chi connectivity index (χ0v) is 17.1. The van der Waals surface area contributed by atoms with Gasteiger partial charge in [0.05, 0.1) is 0 Å². The van der Waals surface area contributed by atoms with Gasteiger partial charge in [-0.25, -0.2) is 0 Å². The molecule has 0 bridgehead atoms. The molecule has 142 valence electrons. The summed E-state index contributed by atoms with van der Waals surface area (Å²) in [5, 5.41) is 0. The number of hydrogen-bond acceptors (Lipinski definition) is 0. The van der Waals surface area contributed by atoms with Crippen LogP contribution in [0.15, 0.2) is 30.3 Å². The predicted molar refractivity (Wildman–Crippen MR) is 110 cm³/mol. The highest BCUT2D eigenvalue weighted by Crippen LogP contribution is 2.66. The predicted octanol–water partition coefficient (Wildman–Crippen LogP) is 7.28. The molecule has 4 saturated carbocycles. The lowest BCUT2D eigenvalue weighted by molar-refractivity contribution is -0.111. The van der Waals surface area contributed by atoms with Crippen LogP contribution in [0.5, 0.6) is 0 Å². The van der Waals surface area contributed by atoms with Crippen LogP contribution in [0.1, 0.15) is 83.6 Å². The highest BCUT2D eigenvalue weighted by molar-refractivity contribution is 5.16. The molecule has 0 unspecified atom stereocenters. The first-order valence-electron chi connectivity index (χ1n) is 11.6. The fraction of sp³-hybridized carbons (Fsp3) is 0.769. The molecule has 4 fully saturated rings. The maximum Gasteiger partial charge on any atom is -0.0250 e. The van der Waals surface area contributed by atoms with Gasteiger partial charge in [-0.3, -0.25) is 0 Å². The van der Waals surface area contributed by atoms with Gasteiger partial charge in [-0.15, -0.1) is 0 Å². The van der Waals surface area contributed by atoms with E-state index in [1.165, 1.54) is 51.4 Å². The Morgan fingerprint density at radius 2 is 1.69 bits per heavy atom. The zero-order chi connectivity index (χ0) is 17.8. The first kappa shape index (κ1) is 17.3. The van der Waals surface area contributed by atoms with Crippen LogP contribution in [0.4, 0.5) is 0 Å². The van der Waals surface area contributed by atoms with E-state index in [-0.39, 0.29) is 0 Å². The van der Waals surface area contributed by atoms with Gasteiger partial charge in [0, 0.05) is 0 Å². The lowest BCUT2D eigenvalue weighted by Crippen LogP contribution is -2.52. The summed E-state index contributed by atoms with van der Waals surface area (Å²) in [6.45, 7) is 5.37. The summed E-state index contributed by atoms with van der Waals surface area (Å²) >= 11 is 0. The molecule has 0 saturated heterocycles. The molecule has 0 amide bonds. The van der Waals surface area contributed by atoms with Crippen molar-refractivity contribution in [3.63, 3.8) is 0 Å². The Morgan fingerprint density at radius 3 is 2.54 bits per heavy atom. The first-order valence-corrected chi connectivity index (χ1v) is 11.6. The number of benzene rings is 1. The van der Waals surface area contributed by atoms with Gasteiger partial charge in [0.2, 0.25) is 0 Å². The summed E-state index contributed by atoms with van der Waals surface area (Å²) in [5.74, 6) is 5.14. The summed E-state index contributed by atoms with van der Waals surface area (Å²) in [6.07, 6.45) is 16.6. The highest BCUT2D eigenvalue weighted by Gasteiger charge is 2.57. The number of rotatable bonds is 2. The molecule has 0 heteroatoms. The quantitative estimate of drug-likeness (QED) is 0.526. The molecule has 0 N–H and O–H groups in total. The Bertz CT molecular complexity index is 633. The molecular weight excluding hydrogens is 312 g/mol. The van der Waals surface area contributed by atoms with E-state index in [0.29, 0.717) is 5.41 Å². The Labute approximate surface area is 161 Å². The van der Waals surface area contributed by atoms with Crippen molar-refractivity contribution >= 4 is 0 Å². The third-order valence-corrected chi connectivity index (χ3v) is 9.92. The van der Waals surface area contributed by atoms with Crippen molar-refractivity contribution in [2.24, 2.45) is 40.4 Å². The maximum atomic E-state index is 2.73. The molecule has 1 aromatic carbocycles. The zero-order valence-electron chi connectivity index (χ0n) is 17.1. The van der Waals surface area contributed by atoms with Crippen LogP contribution in [0.25, 0.3) is 0 Å². The summed E-state index contributed by atoms with van der Waals surface area (Å²) in [5.41, 5.74) is 2.95. The second-order valence-electron chi connectivity index (χ2n) is 11.1. The van der Waals surface area contributed by atoms with E-state index in [1.807, 2.05) is 0 Å². The SMILES string of the molecule is C[C@@]12CCC[C@H]1[C@@H]1CC[C@@H]3C[C@@H](Cc4ccccc4)CC[C@]3(C)[C@@H]1CC2. The second kappa shape index (κ2) is 6.39. The van der Waals surface area contributed by atoms with Crippen LogP contribution in [0, 0.1) is 40.4 Å². The molecule has 0 heterocycles. The van der Waals surface area contributed by atoms with E-state index in [2.05, 4.69) is 44.2 Å². The minimum absolute atomic E-state index is 0.667. The van der Waals surface area contributed by atoms with Crippen LogP contribution < -0.4 is 0 Å². The van der Waals surface area contributed by atoms with Crippen LogP contribution in [-0.2, 0) is 6.42 Å². The van der Waals surface area contributed by atoms with E-state index < -0.39 is 0 Å². The van der Waals surface area contributed by atoms with Crippen molar-refractivity contribution in [3.05, 3.63) is 35.9 Å². The van der Waals surface area contributed by atoms with Crippen LogP contribution in [0.2, 0.25) is 0 Å². The van der Waals surface area contributed by atoms with E-state index in [9.17, 15) is 0 Å². The lowest BCUT2D eigenvalue weighted by atomic mass is 9.44. The van der Waals surface area contributed by atoms with Gasteiger partial charge in [-0.2, -0.15) is 0 Å². The Balaban J connectivity index is 1.31. The summed E-state index contributed by atoms with van der Waals surface area (Å²) < 4.78 is 0. The molecule has 0 nitrogen and oxygen atoms in total. The van der Waals surface area contributed by atoms with Gasteiger partial charge < -0.3 is 0 Å². The number of hydrogen-bond donors (Lipinski definition) is 0. The minimum Gasteiger partial charge on any atom is -0.0622 e. The van der Waals surface area contributed by atoms with Crippen molar-refractivity contribution < 1.29 is 0 Å². The van der Waals surface area contributed by atoms with Crippen molar-refractivity contribution in [3.8, 4) is 0 Å². The highest BCUT2D eigenvalue weighted by atomic mass is 14.6. The fourth-order valence-corrected chi connectivity index (χ4v) is 8.47. The molecule has 4 aliphatic carbocycles. The second-order valence-corrected chi connectivity index (χ2v) is 11.1. The van der Waals surface area contributed by atoms with Gasteiger partial charge in [0.1, 0.15) is 0 Å². The molecular formula is C26H38. The van der Waals surface area contributed by atoms with Crippen molar-refractivity contribution in [2.75, 3.05) is 0 Å². The van der Waals surface area contributed by atoms with Crippen molar-refractivity contribution in [1.82, 2.24) is 0 Å². The fourth-order valence-electron chi connectivity index (χ4n) is 8.47. The monoisotopic (exact) mass is 350 g/mol. The Morgan fingerprint density at radius 1 is 0.846 bits per heavy atom. The topological polar surface area (TPSA) is 0 Å². The van der Waals surface area contributed by atoms with Crippen molar-refractivity contribution in [1.29, 1.82) is 0 Å². The average Bonchev–Trinajstić information content (AvgIpc) is 3.05. The van der Waals surface area contributed by atoms with E-state index in [1.54, 1.807) is 24.8 Å². The molecule has 5 rings (SSSR count). The maximum absolute atomic E-state index is 2.73. The van der Waals surface area contributed by atoms with E-state index >= 15 is 0 Å². The molecule has 1 aromatic rings. The number of fused-ring (bicyclic) bond motifs is 5. The lowest BCUT2D eigenvalue weighted by Gasteiger charge is -2.60. The molecule has 0 spiro atoms. The van der Waals surface area contributed by atoms with Gasteiger partial charge in [0.15, 0.2) is 0 Å². The third kappa shape index (κ3) is 2.70. The van der Waals surface area contributed by atoms with Crippen LogP contribution >= 0.6 is 0 Å². The molecule has 4 aliphatic rings. The first-order chi connectivity index (χ1) is 12.6. The smallest absolute Gasteiger partial charge is 0.0250 e. The Hall–Kier alpha value is -0.780. The molecule has 0 aromatic heterocycles. The normalized spacial score (nSPS) is 47.7. The molecule has 0 aliphatic heterocycles. The third-order valence-electron chi connectivity index (χ3n) is 9.92. The molecule has 0 radical (unpaired) electrons. The van der Waals surface area contributed by atoms with Gasteiger partial charge in [-0.1, -0.05) is 50.6 Å². The average molecular weight is 351 g/mol. The van der Waals surface area contributed by atoms with Crippen molar-refractivity contribution in [2.45, 2.75) is 84.5 Å². The standard InChI is InChI=1S/C26H38/c1-25-14-6-9-23(25)22-11-10-21-18-20(17-19-7-4-3-5-8-19)12-16-26(21,2)24(22)13-15-25/h3-5,7-8,20-24H,6,9-18H2,1-2H3/t20-,21-,22+,23+,24-,25+,26+/m1/s1. The van der Waals surface area contributed by atoms with Gasteiger partial charge >= 0.3 is 0 Å². The van der Waals surface area contributed by atoms with Crippen LogP contribution in [0.3, 0.4) is 0 Å².